The van der Waals surface area contributed by atoms with E-state index >= 15 is 0 Å². The van der Waals surface area contributed by atoms with Gasteiger partial charge in [-0.25, -0.2) is 8.42 Å². The van der Waals surface area contributed by atoms with E-state index in [-0.39, 0.29) is 11.7 Å². The molecule has 5 heteroatoms. The second kappa shape index (κ2) is 3.94. The van der Waals surface area contributed by atoms with Crippen LogP contribution in [0, 0.1) is 5.92 Å². The Bertz CT molecular complexity index is 240. The first-order chi connectivity index (χ1) is 5.47. The number of hydrogen-bond acceptors (Lipinski definition) is 3. The monoisotopic (exact) mass is 211 g/mol. The predicted octanol–water partition coefficient (Wildman–Crippen LogP) is 0.897. The molecule has 0 spiro atoms. The molecule has 0 aromatic heterocycles. The fourth-order valence-electron chi connectivity index (χ4n) is 1.69. The maximum Gasteiger partial charge on any atom is 0.232 e. The number of hydrogen-bond donors (Lipinski definition) is 0. The van der Waals surface area contributed by atoms with E-state index in [0.29, 0.717) is 0 Å². The first-order valence-corrected chi connectivity index (χ1v) is 6.56. The van der Waals surface area contributed by atoms with Gasteiger partial charge in [-0.2, -0.15) is 0 Å². The average molecular weight is 212 g/mol. The molecule has 1 aliphatic heterocycles. The second-order valence-electron chi connectivity index (χ2n) is 3.48. The highest BCUT2D eigenvalue weighted by Gasteiger charge is 2.21. The van der Waals surface area contributed by atoms with E-state index in [1.54, 1.807) is 0 Å². The Morgan fingerprint density at radius 1 is 1.58 bits per heavy atom. The Balaban J connectivity index is 2.43. The van der Waals surface area contributed by atoms with Crippen LogP contribution in [0.1, 0.15) is 12.8 Å². The molecule has 0 aromatic carbocycles. The lowest BCUT2D eigenvalue weighted by Gasteiger charge is -2.28. The van der Waals surface area contributed by atoms with Crippen molar-refractivity contribution < 1.29 is 8.42 Å². The highest BCUT2D eigenvalue weighted by molar-refractivity contribution is 8.13. The van der Waals surface area contributed by atoms with Crippen LogP contribution in [0.2, 0.25) is 0 Å². The number of halogens is 1. The van der Waals surface area contributed by atoms with E-state index in [1.807, 2.05) is 7.05 Å². The van der Waals surface area contributed by atoms with Crippen molar-refractivity contribution in [3.05, 3.63) is 0 Å². The highest BCUT2D eigenvalue weighted by atomic mass is 35.7. The SMILES string of the molecule is CN1CCCC(CS(=O)(=O)Cl)C1. The third-order valence-electron chi connectivity index (χ3n) is 2.16. The van der Waals surface area contributed by atoms with Crippen molar-refractivity contribution in [1.82, 2.24) is 4.90 Å². The maximum absolute atomic E-state index is 10.8. The summed E-state index contributed by atoms with van der Waals surface area (Å²) in [4.78, 5) is 2.15. The van der Waals surface area contributed by atoms with Crippen LogP contribution in [0.15, 0.2) is 0 Å². The summed E-state index contributed by atoms with van der Waals surface area (Å²) >= 11 is 0. The van der Waals surface area contributed by atoms with Crippen LogP contribution in [0.3, 0.4) is 0 Å². The number of likely N-dealkylation sites (tertiary alicyclic amines) is 1. The van der Waals surface area contributed by atoms with Crippen molar-refractivity contribution in [2.75, 3.05) is 25.9 Å². The fraction of sp³-hybridized carbons (Fsp3) is 1.00. The van der Waals surface area contributed by atoms with E-state index < -0.39 is 9.05 Å². The molecule has 1 heterocycles. The van der Waals surface area contributed by atoms with Crippen LogP contribution in [-0.2, 0) is 9.05 Å². The molecule has 0 bridgehead atoms. The third-order valence-corrected chi connectivity index (χ3v) is 3.40. The number of rotatable bonds is 2. The van der Waals surface area contributed by atoms with Crippen molar-refractivity contribution in [3.8, 4) is 0 Å². The summed E-state index contributed by atoms with van der Waals surface area (Å²) in [6.07, 6.45) is 2.06. The summed E-state index contributed by atoms with van der Waals surface area (Å²) in [5.74, 6) is 0.352. The Hall–Kier alpha value is 0.200. The normalized spacial score (nSPS) is 27.3. The zero-order chi connectivity index (χ0) is 9.19. The lowest BCUT2D eigenvalue weighted by molar-refractivity contribution is 0.223. The van der Waals surface area contributed by atoms with Crippen LogP contribution < -0.4 is 0 Å². The van der Waals surface area contributed by atoms with E-state index in [0.717, 1.165) is 25.9 Å². The minimum atomic E-state index is -3.30. The average Bonchev–Trinajstić information content (AvgIpc) is 1.82. The molecule has 0 aromatic rings. The summed E-state index contributed by atoms with van der Waals surface area (Å²) in [7, 11) is 3.87. The van der Waals surface area contributed by atoms with Gasteiger partial charge >= 0.3 is 0 Å². The van der Waals surface area contributed by atoms with E-state index in [4.69, 9.17) is 10.7 Å². The first kappa shape index (κ1) is 10.3. The van der Waals surface area contributed by atoms with Crippen LogP contribution in [0.25, 0.3) is 0 Å². The van der Waals surface area contributed by atoms with Crippen molar-refractivity contribution in [2.45, 2.75) is 12.8 Å². The molecule has 0 aliphatic carbocycles. The third kappa shape index (κ3) is 3.74. The number of piperidine rings is 1. The molecular weight excluding hydrogens is 198 g/mol. The molecule has 0 saturated carbocycles. The summed E-state index contributed by atoms with van der Waals surface area (Å²) < 4.78 is 21.5. The lowest BCUT2D eigenvalue weighted by Crippen LogP contribution is -2.34. The lowest BCUT2D eigenvalue weighted by atomic mass is 10.0. The zero-order valence-electron chi connectivity index (χ0n) is 7.16. The molecule has 72 valence electrons. The van der Waals surface area contributed by atoms with Gasteiger partial charge in [-0.05, 0) is 32.4 Å². The van der Waals surface area contributed by atoms with Crippen molar-refractivity contribution in [2.24, 2.45) is 5.92 Å². The van der Waals surface area contributed by atoms with Gasteiger partial charge in [-0.15, -0.1) is 0 Å². The van der Waals surface area contributed by atoms with Gasteiger partial charge in [0.15, 0.2) is 0 Å². The van der Waals surface area contributed by atoms with Crippen molar-refractivity contribution in [3.63, 3.8) is 0 Å². The van der Waals surface area contributed by atoms with Gasteiger partial charge in [0.05, 0.1) is 5.75 Å². The highest BCUT2D eigenvalue weighted by Crippen LogP contribution is 2.18. The Morgan fingerprint density at radius 2 is 2.25 bits per heavy atom. The van der Waals surface area contributed by atoms with Crippen LogP contribution in [-0.4, -0.2) is 39.2 Å². The molecule has 0 N–H and O–H groups in total. The van der Waals surface area contributed by atoms with Crippen LogP contribution in [0.5, 0.6) is 0 Å². The van der Waals surface area contributed by atoms with Gasteiger partial charge in [-0.3, -0.25) is 0 Å². The molecule has 1 saturated heterocycles. The molecule has 1 atom stereocenters. The van der Waals surface area contributed by atoms with Crippen molar-refractivity contribution >= 4 is 19.7 Å². The fourth-order valence-corrected chi connectivity index (χ4v) is 3.06. The quantitative estimate of drug-likeness (QED) is 0.637. The molecule has 1 aliphatic rings. The van der Waals surface area contributed by atoms with Crippen LogP contribution >= 0.6 is 10.7 Å². The molecule has 3 nitrogen and oxygen atoms in total. The van der Waals surface area contributed by atoms with Gasteiger partial charge in [0.2, 0.25) is 9.05 Å². The Labute approximate surface area is 78.1 Å². The van der Waals surface area contributed by atoms with Gasteiger partial charge in [-0.1, -0.05) is 0 Å². The molecule has 0 radical (unpaired) electrons. The Morgan fingerprint density at radius 3 is 2.75 bits per heavy atom. The first-order valence-electron chi connectivity index (χ1n) is 4.08. The van der Waals surface area contributed by atoms with E-state index in [1.165, 1.54) is 0 Å². The van der Waals surface area contributed by atoms with E-state index in [2.05, 4.69) is 4.90 Å². The van der Waals surface area contributed by atoms with Crippen molar-refractivity contribution in [1.29, 1.82) is 0 Å². The topological polar surface area (TPSA) is 37.4 Å². The largest absolute Gasteiger partial charge is 0.306 e. The summed E-state index contributed by atoms with van der Waals surface area (Å²) in [6, 6.07) is 0. The van der Waals surface area contributed by atoms with Gasteiger partial charge in [0.1, 0.15) is 0 Å². The maximum atomic E-state index is 10.8. The molecule has 1 unspecified atom stereocenters. The zero-order valence-corrected chi connectivity index (χ0v) is 8.74. The summed E-state index contributed by atoms with van der Waals surface area (Å²) in [6.45, 7) is 1.92. The number of nitrogens with zero attached hydrogens (tertiary/aromatic N) is 1. The summed E-state index contributed by atoms with van der Waals surface area (Å²) in [5, 5.41) is 0. The molecule has 1 fully saturated rings. The van der Waals surface area contributed by atoms with Gasteiger partial charge in [0, 0.05) is 17.2 Å². The smallest absolute Gasteiger partial charge is 0.232 e. The second-order valence-corrected chi connectivity index (χ2v) is 6.30. The Kier molecular flexibility index (Phi) is 3.37. The van der Waals surface area contributed by atoms with Gasteiger partial charge < -0.3 is 4.90 Å². The minimum Gasteiger partial charge on any atom is -0.306 e. The molecular formula is C7H14ClNO2S. The van der Waals surface area contributed by atoms with E-state index in [9.17, 15) is 8.42 Å². The minimum absolute atomic E-state index is 0.124. The molecule has 12 heavy (non-hydrogen) atoms. The molecule has 1 rings (SSSR count). The van der Waals surface area contributed by atoms with Crippen LogP contribution in [0.4, 0.5) is 0 Å². The predicted molar refractivity (Wildman–Crippen MR) is 49.9 cm³/mol. The standard InChI is InChI=1S/C7H14ClNO2S/c1-9-4-2-3-7(5-9)6-12(8,10)11/h7H,2-6H2,1H3. The molecule has 0 amide bonds. The van der Waals surface area contributed by atoms with Gasteiger partial charge in [0.25, 0.3) is 0 Å². The summed E-state index contributed by atoms with van der Waals surface area (Å²) in [5.41, 5.74) is 0.